The number of hydrogen-bond donors (Lipinski definition) is 1. The Bertz CT molecular complexity index is 429. The van der Waals surface area contributed by atoms with E-state index in [1.807, 2.05) is 19.1 Å². The molecule has 1 atom stereocenters. The zero-order chi connectivity index (χ0) is 13.9. The van der Waals surface area contributed by atoms with Crippen molar-refractivity contribution in [1.29, 1.82) is 0 Å². The number of benzene rings is 1. The average molecular weight is 263 g/mol. The number of rotatable bonds is 5. The zero-order valence-electron chi connectivity index (χ0n) is 12.5. The van der Waals surface area contributed by atoms with Crippen molar-refractivity contribution in [2.75, 3.05) is 19.0 Å². The molecule has 0 radical (unpaired) electrons. The van der Waals surface area contributed by atoms with Crippen LogP contribution in [0.3, 0.4) is 0 Å². The largest absolute Gasteiger partial charge is 0.493 e. The highest BCUT2D eigenvalue weighted by Gasteiger charge is 2.30. The number of ether oxygens (including phenoxy) is 2. The van der Waals surface area contributed by atoms with Crippen LogP contribution in [0.15, 0.2) is 18.2 Å². The number of hydrogen-bond acceptors (Lipinski definition) is 3. The summed E-state index contributed by atoms with van der Waals surface area (Å²) in [6.45, 7) is 7.32. The molecule has 2 rings (SSSR count). The Balaban J connectivity index is 2.06. The van der Waals surface area contributed by atoms with E-state index in [-0.39, 0.29) is 0 Å². The molecule has 0 heterocycles. The van der Waals surface area contributed by atoms with Crippen molar-refractivity contribution in [1.82, 2.24) is 0 Å². The minimum absolute atomic E-state index is 0.465. The third-order valence-electron chi connectivity index (χ3n) is 3.80. The van der Waals surface area contributed by atoms with E-state index in [1.165, 1.54) is 19.3 Å². The fourth-order valence-corrected chi connectivity index (χ4v) is 2.83. The lowest BCUT2D eigenvalue weighted by atomic mass is 9.92. The molecule has 1 fully saturated rings. The van der Waals surface area contributed by atoms with Gasteiger partial charge in [0.25, 0.3) is 0 Å². The predicted molar refractivity (Wildman–Crippen MR) is 79.2 cm³/mol. The van der Waals surface area contributed by atoms with E-state index in [2.05, 4.69) is 25.2 Å². The summed E-state index contributed by atoms with van der Waals surface area (Å²) < 4.78 is 10.9. The first-order valence-corrected chi connectivity index (χ1v) is 7.11. The van der Waals surface area contributed by atoms with Gasteiger partial charge in [0, 0.05) is 17.8 Å². The van der Waals surface area contributed by atoms with Crippen molar-refractivity contribution < 1.29 is 9.47 Å². The van der Waals surface area contributed by atoms with Crippen molar-refractivity contribution >= 4 is 5.69 Å². The lowest BCUT2D eigenvalue weighted by Crippen LogP contribution is -2.17. The Kier molecular flexibility index (Phi) is 4.23. The summed E-state index contributed by atoms with van der Waals surface area (Å²) in [5.41, 5.74) is 1.58. The van der Waals surface area contributed by atoms with Crippen LogP contribution in [0.5, 0.6) is 11.5 Å². The molecule has 1 aromatic rings. The summed E-state index contributed by atoms with van der Waals surface area (Å²) in [6.07, 6.45) is 3.76. The average Bonchev–Trinajstić information content (AvgIpc) is 2.69. The van der Waals surface area contributed by atoms with Crippen LogP contribution >= 0.6 is 0 Å². The smallest absolute Gasteiger partial charge is 0.163 e. The Hall–Kier alpha value is -1.38. The van der Waals surface area contributed by atoms with Gasteiger partial charge in [-0.1, -0.05) is 13.8 Å². The fourth-order valence-electron chi connectivity index (χ4n) is 2.83. The van der Waals surface area contributed by atoms with E-state index in [1.54, 1.807) is 7.11 Å². The maximum absolute atomic E-state index is 5.61. The topological polar surface area (TPSA) is 30.5 Å². The second kappa shape index (κ2) is 5.72. The van der Waals surface area contributed by atoms with E-state index in [0.29, 0.717) is 18.1 Å². The van der Waals surface area contributed by atoms with Gasteiger partial charge in [0.05, 0.1) is 13.7 Å². The second-order valence-corrected chi connectivity index (χ2v) is 6.05. The second-order valence-electron chi connectivity index (χ2n) is 6.05. The highest BCUT2D eigenvalue weighted by Crippen LogP contribution is 2.39. The van der Waals surface area contributed by atoms with E-state index in [9.17, 15) is 0 Å². The molecule has 1 aromatic carbocycles. The van der Waals surface area contributed by atoms with Gasteiger partial charge in [-0.25, -0.2) is 0 Å². The van der Waals surface area contributed by atoms with Crippen LogP contribution in [-0.4, -0.2) is 19.8 Å². The first-order valence-electron chi connectivity index (χ1n) is 7.11. The number of nitrogens with one attached hydrogen (secondary N) is 1. The third kappa shape index (κ3) is 3.55. The van der Waals surface area contributed by atoms with Crippen molar-refractivity contribution in [3.05, 3.63) is 18.2 Å². The number of methoxy groups -OCH3 is 1. The summed E-state index contributed by atoms with van der Waals surface area (Å²) in [4.78, 5) is 0. The first kappa shape index (κ1) is 14.0. The van der Waals surface area contributed by atoms with E-state index >= 15 is 0 Å². The molecular weight excluding hydrogens is 238 g/mol. The van der Waals surface area contributed by atoms with Crippen LogP contribution in [-0.2, 0) is 0 Å². The lowest BCUT2D eigenvalue weighted by Gasteiger charge is -2.19. The van der Waals surface area contributed by atoms with Gasteiger partial charge in [-0.15, -0.1) is 0 Å². The normalized spacial score (nSPS) is 21.2. The zero-order valence-corrected chi connectivity index (χ0v) is 12.5. The molecule has 3 heteroatoms. The monoisotopic (exact) mass is 263 g/mol. The molecule has 0 bridgehead atoms. The SMILES string of the molecule is CCOc1cc(NC2CCC(C)(C)C2)ccc1OC. The summed E-state index contributed by atoms with van der Waals surface area (Å²) in [7, 11) is 1.67. The highest BCUT2D eigenvalue weighted by atomic mass is 16.5. The molecule has 1 aliphatic carbocycles. The molecule has 1 saturated carbocycles. The minimum Gasteiger partial charge on any atom is -0.493 e. The molecule has 1 N–H and O–H groups in total. The van der Waals surface area contributed by atoms with Crippen LogP contribution in [0.1, 0.15) is 40.0 Å². The van der Waals surface area contributed by atoms with Crippen molar-refractivity contribution in [3.63, 3.8) is 0 Å². The standard InChI is InChI=1S/C16H25NO2/c1-5-19-15-10-12(6-7-14(15)18-4)17-13-8-9-16(2,3)11-13/h6-7,10,13,17H,5,8-9,11H2,1-4H3. The van der Waals surface area contributed by atoms with Gasteiger partial charge in [-0.05, 0) is 43.7 Å². The quantitative estimate of drug-likeness (QED) is 0.868. The van der Waals surface area contributed by atoms with E-state index in [0.717, 1.165) is 17.2 Å². The summed E-state index contributed by atoms with van der Waals surface area (Å²) in [5, 5.41) is 3.61. The maximum Gasteiger partial charge on any atom is 0.163 e. The van der Waals surface area contributed by atoms with Crippen LogP contribution in [0, 0.1) is 5.41 Å². The first-order chi connectivity index (χ1) is 9.04. The van der Waals surface area contributed by atoms with Gasteiger partial charge in [0.1, 0.15) is 0 Å². The Morgan fingerprint density at radius 3 is 2.68 bits per heavy atom. The predicted octanol–water partition coefficient (Wildman–Crippen LogP) is 4.08. The van der Waals surface area contributed by atoms with Crippen LogP contribution < -0.4 is 14.8 Å². The molecule has 19 heavy (non-hydrogen) atoms. The summed E-state index contributed by atoms with van der Waals surface area (Å²) in [5.74, 6) is 1.60. The summed E-state index contributed by atoms with van der Waals surface area (Å²) >= 11 is 0. The van der Waals surface area contributed by atoms with E-state index < -0.39 is 0 Å². The van der Waals surface area contributed by atoms with Crippen LogP contribution in [0.2, 0.25) is 0 Å². The fraction of sp³-hybridized carbons (Fsp3) is 0.625. The van der Waals surface area contributed by atoms with Crippen molar-refractivity contribution in [2.24, 2.45) is 5.41 Å². The third-order valence-corrected chi connectivity index (χ3v) is 3.80. The van der Waals surface area contributed by atoms with Crippen LogP contribution in [0.25, 0.3) is 0 Å². The van der Waals surface area contributed by atoms with Gasteiger partial charge in [-0.2, -0.15) is 0 Å². The molecule has 106 valence electrons. The molecule has 0 amide bonds. The summed E-state index contributed by atoms with van der Waals surface area (Å²) in [6, 6.07) is 6.63. The Morgan fingerprint density at radius 1 is 1.32 bits per heavy atom. The van der Waals surface area contributed by atoms with Gasteiger partial charge < -0.3 is 14.8 Å². The van der Waals surface area contributed by atoms with Crippen molar-refractivity contribution in [2.45, 2.75) is 46.1 Å². The Morgan fingerprint density at radius 2 is 2.11 bits per heavy atom. The maximum atomic E-state index is 5.61. The molecular formula is C16H25NO2. The lowest BCUT2D eigenvalue weighted by molar-refractivity contribution is 0.311. The molecule has 0 saturated heterocycles. The van der Waals surface area contributed by atoms with Gasteiger partial charge in [-0.3, -0.25) is 0 Å². The molecule has 0 aliphatic heterocycles. The van der Waals surface area contributed by atoms with E-state index in [4.69, 9.17) is 9.47 Å². The molecule has 1 aliphatic rings. The molecule has 1 unspecified atom stereocenters. The van der Waals surface area contributed by atoms with Gasteiger partial charge >= 0.3 is 0 Å². The minimum atomic E-state index is 0.465. The molecule has 0 spiro atoms. The van der Waals surface area contributed by atoms with Crippen molar-refractivity contribution in [3.8, 4) is 11.5 Å². The number of anilines is 1. The van der Waals surface area contributed by atoms with Gasteiger partial charge in [0.15, 0.2) is 11.5 Å². The van der Waals surface area contributed by atoms with Gasteiger partial charge in [0.2, 0.25) is 0 Å². The van der Waals surface area contributed by atoms with Crippen LogP contribution in [0.4, 0.5) is 5.69 Å². The molecule has 3 nitrogen and oxygen atoms in total. The Labute approximate surface area is 116 Å². The molecule has 0 aromatic heterocycles. The highest BCUT2D eigenvalue weighted by molar-refractivity contribution is 5.55.